The van der Waals surface area contributed by atoms with Gasteiger partial charge in [-0.3, -0.25) is 4.79 Å². The molecule has 1 fully saturated rings. The Morgan fingerprint density at radius 2 is 1.87 bits per heavy atom. The molecule has 122 valence electrons. The van der Waals surface area contributed by atoms with Gasteiger partial charge in [-0.05, 0) is 31.9 Å². The van der Waals surface area contributed by atoms with Crippen LogP contribution in [0.15, 0.2) is 24.3 Å². The van der Waals surface area contributed by atoms with E-state index in [1.807, 2.05) is 45.0 Å². The molecule has 5 heteroatoms. The number of nitrogens with zero attached hydrogens (tertiary/aromatic N) is 1. The van der Waals surface area contributed by atoms with E-state index in [9.17, 15) is 4.79 Å². The molecule has 1 aliphatic rings. The number of carbonyl (C=O) groups is 1. The van der Waals surface area contributed by atoms with Gasteiger partial charge in [0.15, 0.2) is 5.13 Å². The Hall–Kier alpha value is -1.88. The second-order valence-electron chi connectivity index (χ2n) is 7.12. The summed E-state index contributed by atoms with van der Waals surface area (Å²) in [7, 11) is 0. The molecule has 0 saturated heterocycles. The molecule has 0 bridgehead atoms. The lowest BCUT2D eigenvalue weighted by Gasteiger charge is -2.17. The standard InChI is InChI=1S/C18H23N3OS/c1-11-15(21-17(23-11)20-14-9-10-14)12-5-7-13(8-6-12)19-16(22)18(2,3)4/h5-8,14H,9-10H2,1-4H3,(H,19,22)(H,20,21). The Bertz CT molecular complexity index is 709. The maximum atomic E-state index is 12.0. The van der Waals surface area contributed by atoms with Crippen molar-refractivity contribution in [1.82, 2.24) is 4.98 Å². The van der Waals surface area contributed by atoms with Crippen molar-refractivity contribution in [2.24, 2.45) is 5.41 Å². The van der Waals surface area contributed by atoms with Gasteiger partial charge in [0.1, 0.15) is 0 Å². The van der Waals surface area contributed by atoms with Crippen molar-refractivity contribution in [3.05, 3.63) is 29.1 Å². The molecule has 23 heavy (non-hydrogen) atoms. The van der Waals surface area contributed by atoms with Gasteiger partial charge in [-0.2, -0.15) is 0 Å². The summed E-state index contributed by atoms with van der Waals surface area (Å²) in [6.07, 6.45) is 2.49. The number of hydrogen-bond donors (Lipinski definition) is 2. The average molecular weight is 329 g/mol. The van der Waals surface area contributed by atoms with E-state index in [0.717, 1.165) is 22.1 Å². The monoisotopic (exact) mass is 329 g/mol. The van der Waals surface area contributed by atoms with E-state index in [-0.39, 0.29) is 5.91 Å². The first-order chi connectivity index (χ1) is 10.8. The highest BCUT2D eigenvalue weighted by atomic mass is 32.1. The fraction of sp³-hybridized carbons (Fsp3) is 0.444. The molecule has 1 amide bonds. The molecule has 2 aromatic rings. The fourth-order valence-electron chi connectivity index (χ4n) is 2.16. The predicted octanol–water partition coefficient (Wildman–Crippen LogP) is 4.68. The van der Waals surface area contributed by atoms with Crippen LogP contribution in [-0.2, 0) is 4.79 Å². The van der Waals surface area contributed by atoms with Crippen molar-refractivity contribution in [2.45, 2.75) is 46.6 Å². The molecule has 1 aliphatic carbocycles. The van der Waals surface area contributed by atoms with E-state index in [1.165, 1.54) is 17.7 Å². The molecule has 0 atom stereocenters. The van der Waals surface area contributed by atoms with Crippen LogP contribution >= 0.6 is 11.3 Å². The Kier molecular flexibility index (Phi) is 4.15. The lowest BCUT2D eigenvalue weighted by Crippen LogP contribution is -2.27. The quantitative estimate of drug-likeness (QED) is 0.856. The maximum Gasteiger partial charge on any atom is 0.229 e. The SMILES string of the molecule is Cc1sc(NC2CC2)nc1-c1ccc(NC(=O)C(C)(C)C)cc1. The first-order valence-corrected chi connectivity index (χ1v) is 8.80. The number of anilines is 2. The third-order valence-corrected chi connectivity index (χ3v) is 4.70. The Morgan fingerprint density at radius 1 is 1.22 bits per heavy atom. The smallest absolute Gasteiger partial charge is 0.229 e. The summed E-state index contributed by atoms with van der Waals surface area (Å²) in [4.78, 5) is 17.9. The van der Waals surface area contributed by atoms with Crippen molar-refractivity contribution in [1.29, 1.82) is 0 Å². The molecule has 3 rings (SSSR count). The second kappa shape index (κ2) is 5.96. The third kappa shape index (κ3) is 3.91. The molecule has 1 heterocycles. The molecule has 4 nitrogen and oxygen atoms in total. The highest BCUT2D eigenvalue weighted by molar-refractivity contribution is 7.16. The van der Waals surface area contributed by atoms with Crippen molar-refractivity contribution in [3.63, 3.8) is 0 Å². The summed E-state index contributed by atoms with van der Waals surface area (Å²) in [6, 6.07) is 8.52. The molecule has 1 aromatic heterocycles. The summed E-state index contributed by atoms with van der Waals surface area (Å²) in [6.45, 7) is 7.82. The zero-order valence-corrected chi connectivity index (χ0v) is 14.9. The van der Waals surface area contributed by atoms with Crippen molar-refractivity contribution in [3.8, 4) is 11.3 Å². The van der Waals surface area contributed by atoms with E-state index in [4.69, 9.17) is 4.98 Å². The van der Waals surface area contributed by atoms with Crippen LogP contribution in [0.3, 0.4) is 0 Å². The van der Waals surface area contributed by atoms with Crippen molar-refractivity contribution < 1.29 is 4.79 Å². The summed E-state index contributed by atoms with van der Waals surface area (Å²) >= 11 is 1.70. The van der Waals surface area contributed by atoms with Crippen molar-refractivity contribution >= 4 is 28.1 Å². The number of aromatic nitrogens is 1. The first kappa shape index (κ1) is 16.0. The Balaban J connectivity index is 1.74. The normalized spacial score (nSPS) is 14.6. The molecule has 2 N–H and O–H groups in total. The third-order valence-electron chi connectivity index (χ3n) is 3.80. The molecule has 0 spiro atoms. The van der Waals surface area contributed by atoms with Gasteiger partial charge in [-0.1, -0.05) is 32.9 Å². The fourth-order valence-corrected chi connectivity index (χ4v) is 3.07. The number of benzene rings is 1. The van der Waals surface area contributed by atoms with Crippen LogP contribution in [-0.4, -0.2) is 16.9 Å². The number of carbonyl (C=O) groups excluding carboxylic acids is 1. The zero-order valence-electron chi connectivity index (χ0n) is 14.1. The van der Waals surface area contributed by atoms with Gasteiger partial charge in [-0.15, -0.1) is 11.3 Å². The molecular weight excluding hydrogens is 306 g/mol. The van der Waals surface area contributed by atoms with Gasteiger partial charge in [0.2, 0.25) is 5.91 Å². The average Bonchev–Trinajstić information content (AvgIpc) is 3.21. The van der Waals surface area contributed by atoms with Gasteiger partial charge in [0.05, 0.1) is 5.69 Å². The van der Waals surface area contributed by atoms with Gasteiger partial charge in [0.25, 0.3) is 0 Å². The molecule has 0 radical (unpaired) electrons. The van der Waals surface area contributed by atoms with Gasteiger partial charge < -0.3 is 10.6 Å². The van der Waals surface area contributed by atoms with Crippen LogP contribution in [0.5, 0.6) is 0 Å². The number of thiazole rings is 1. The van der Waals surface area contributed by atoms with Gasteiger partial charge >= 0.3 is 0 Å². The number of nitrogens with one attached hydrogen (secondary N) is 2. The lowest BCUT2D eigenvalue weighted by molar-refractivity contribution is -0.123. The van der Waals surface area contributed by atoms with Crippen LogP contribution in [0, 0.1) is 12.3 Å². The highest BCUT2D eigenvalue weighted by Crippen LogP contribution is 2.34. The largest absolute Gasteiger partial charge is 0.359 e. The second-order valence-corrected chi connectivity index (χ2v) is 8.33. The highest BCUT2D eigenvalue weighted by Gasteiger charge is 2.23. The zero-order chi connectivity index (χ0) is 16.6. The summed E-state index contributed by atoms with van der Waals surface area (Å²) < 4.78 is 0. The molecule has 1 saturated carbocycles. The first-order valence-electron chi connectivity index (χ1n) is 7.99. The Labute approximate surface area is 141 Å². The van der Waals surface area contributed by atoms with Crippen LogP contribution in [0.1, 0.15) is 38.5 Å². The maximum absolute atomic E-state index is 12.0. The number of amides is 1. The summed E-state index contributed by atoms with van der Waals surface area (Å²) in [5.74, 6) is 0.0195. The molecular formula is C18H23N3OS. The van der Waals surface area contributed by atoms with Crippen LogP contribution in [0.2, 0.25) is 0 Å². The van der Waals surface area contributed by atoms with E-state index in [1.54, 1.807) is 11.3 Å². The van der Waals surface area contributed by atoms with Gasteiger partial charge in [0, 0.05) is 27.6 Å². The van der Waals surface area contributed by atoms with Crippen LogP contribution < -0.4 is 10.6 Å². The minimum atomic E-state index is -0.395. The topological polar surface area (TPSA) is 54.0 Å². The Morgan fingerprint density at radius 3 is 2.43 bits per heavy atom. The van der Waals surface area contributed by atoms with Crippen molar-refractivity contribution in [2.75, 3.05) is 10.6 Å². The molecule has 1 aromatic carbocycles. The van der Waals surface area contributed by atoms with E-state index < -0.39 is 5.41 Å². The van der Waals surface area contributed by atoms with Gasteiger partial charge in [-0.25, -0.2) is 4.98 Å². The molecule has 0 unspecified atom stereocenters. The molecule has 0 aliphatic heterocycles. The minimum absolute atomic E-state index is 0.0195. The van der Waals surface area contributed by atoms with Crippen LogP contribution in [0.25, 0.3) is 11.3 Å². The summed E-state index contributed by atoms with van der Waals surface area (Å²) in [5.41, 5.74) is 2.52. The number of hydrogen-bond acceptors (Lipinski definition) is 4. The predicted molar refractivity (Wildman–Crippen MR) is 97.0 cm³/mol. The van der Waals surface area contributed by atoms with E-state index in [0.29, 0.717) is 6.04 Å². The van der Waals surface area contributed by atoms with Crippen LogP contribution in [0.4, 0.5) is 10.8 Å². The minimum Gasteiger partial charge on any atom is -0.359 e. The number of aryl methyl sites for hydroxylation is 1. The van der Waals surface area contributed by atoms with E-state index in [2.05, 4.69) is 17.6 Å². The number of rotatable bonds is 4. The van der Waals surface area contributed by atoms with E-state index >= 15 is 0 Å². The lowest BCUT2D eigenvalue weighted by atomic mass is 9.95. The summed E-state index contributed by atoms with van der Waals surface area (Å²) in [5, 5.41) is 7.40.